The maximum atomic E-state index is 13.2. The first-order valence-corrected chi connectivity index (χ1v) is 6.88. The van der Waals surface area contributed by atoms with Crippen molar-refractivity contribution in [3.05, 3.63) is 68.5 Å². The molecule has 0 aliphatic heterocycles. The molecule has 0 saturated heterocycles. The lowest BCUT2D eigenvalue weighted by atomic mass is 9.97. The molecule has 1 nitrogen and oxygen atoms in total. The summed E-state index contributed by atoms with van der Waals surface area (Å²) in [5.74, 6) is -0.192. The number of aryl methyl sites for hydroxylation is 1. The average molecular weight is 355 g/mol. The normalized spacial score (nSPS) is 12.4. The molecule has 3 heteroatoms. The van der Waals surface area contributed by atoms with E-state index in [9.17, 15) is 4.39 Å². The Morgan fingerprint density at radius 2 is 1.94 bits per heavy atom. The highest BCUT2D eigenvalue weighted by atomic mass is 127. The van der Waals surface area contributed by atoms with E-state index in [1.165, 1.54) is 17.2 Å². The second-order valence-corrected chi connectivity index (χ2v) is 5.46. The molecule has 94 valence electrons. The van der Waals surface area contributed by atoms with Crippen LogP contribution in [0, 0.1) is 16.3 Å². The monoisotopic (exact) mass is 355 g/mol. The highest BCUT2D eigenvalue weighted by molar-refractivity contribution is 14.1. The minimum Gasteiger partial charge on any atom is -0.309 e. The number of rotatable bonds is 3. The van der Waals surface area contributed by atoms with Crippen molar-refractivity contribution in [3.8, 4) is 0 Å². The predicted molar refractivity (Wildman–Crippen MR) is 81.2 cm³/mol. The second kappa shape index (κ2) is 5.80. The topological polar surface area (TPSA) is 12.0 Å². The molecule has 2 aromatic rings. The van der Waals surface area contributed by atoms with Crippen molar-refractivity contribution < 1.29 is 4.39 Å². The lowest BCUT2D eigenvalue weighted by Gasteiger charge is -2.19. The lowest BCUT2D eigenvalue weighted by Crippen LogP contribution is -2.18. The molecule has 18 heavy (non-hydrogen) atoms. The van der Waals surface area contributed by atoms with E-state index in [1.54, 1.807) is 6.07 Å². The first-order valence-electron chi connectivity index (χ1n) is 5.80. The zero-order valence-electron chi connectivity index (χ0n) is 10.4. The highest BCUT2D eigenvalue weighted by Crippen LogP contribution is 2.27. The molecule has 1 N–H and O–H groups in total. The Labute approximate surface area is 121 Å². The van der Waals surface area contributed by atoms with Crippen LogP contribution in [0.4, 0.5) is 4.39 Å². The van der Waals surface area contributed by atoms with Crippen molar-refractivity contribution in [1.29, 1.82) is 0 Å². The van der Waals surface area contributed by atoms with Gasteiger partial charge in [-0.3, -0.25) is 0 Å². The van der Waals surface area contributed by atoms with Gasteiger partial charge >= 0.3 is 0 Å². The zero-order chi connectivity index (χ0) is 13.1. The zero-order valence-corrected chi connectivity index (χ0v) is 12.5. The van der Waals surface area contributed by atoms with Gasteiger partial charge in [0.05, 0.1) is 6.04 Å². The summed E-state index contributed by atoms with van der Waals surface area (Å²) in [6, 6.07) is 13.4. The Kier molecular flexibility index (Phi) is 4.35. The van der Waals surface area contributed by atoms with Crippen LogP contribution >= 0.6 is 22.6 Å². The Morgan fingerprint density at radius 1 is 1.17 bits per heavy atom. The van der Waals surface area contributed by atoms with Gasteiger partial charge in [-0.15, -0.1) is 0 Å². The Morgan fingerprint density at radius 3 is 2.56 bits per heavy atom. The smallest absolute Gasteiger partial charge is 0.124 e. The molecular weight excluding hydrogens is 340 g/mol. The van der Waals surface area contributed by atoms with Crippen LogP contribution in [0.5, 0.6) is 0 Å². The van der Waals surface area contributed by atoms with E-state index in [2.05, 4.69) is 53.0 Å². The molecule has 0 aromatic heterocycles. The number of benzene rings is 2. The third-order valence-electron chi connectivity index (χ3n) is 2.94. The molecule has 0 heterocycles. The van der Waals surface area contributed by atoms with Crippen molar-refractivity contribution >= 4 is 22.6 Å². The van der Waals surface area contributed by atoms with Gasteiger partial charge in [0, 0.05) is 3.57 Å². The average Bonchev–Trinajstić information content (AvgIpc) is 2.33. The van der Waals surface area contributed by atoms with Gasteiger partial charge in [0.2, 0.25) is 0 Å². The lowest BCUT2D eigenvalue weighted by molar-refractivity contribution is 0.621. The molecule has 0 spiro atoms. The van der Waals surface area contributed by atoms with Crippen LogP contribution in [0.2, 0.25) is 0 Å². The maximum absolute atomic E-state index is 13.2. The van der Waals surface area contributed by atoms with Gasteiger partial charge in [-0.1, -0.05) is 35.9 Å². The molecule has 0 bridgehead atoms. The van der Waals surface area contributed by atoms with Crippen LogP contribution in [0.25, 0.3) is 0 Å². The van der Waals surface area contributed by atoms with E-state index in [4.69, 9.17) is 0 Å². The quantitative estimate of drug-likeness (QED) is 0.820. The van der Waals surface area contributed by atoms with Crippen molar-refractivity contribution in [2.45, 2.75) is 13.0 Å². The van der Waals surface area contributed by atoms with Crippen LogP contribution in [0.1, 0.15) is 22.7 Å². The van der Waals surface area contributed by atoms with Gasteiger partial charge in [-0.05, 0) is 59.8 Å². The van der Waals surface area contributed by atoms with Crippen molar-refractivity contribution in [3.63, 3.8) is 0 Å². The number of hydrogen-bond donors (Lipinski definition) is 1. The van der Waals surface area contributed by atoms with Crippen LogP contribution in [-0.2, 0) is 0 Å². The van der Waals surface area contributed by atoms with E-state index < -0.39 is 0 Å². The highest BCUT2D eigenvalue weighted by Gasteiger charge is 2.15. The van der Waals surface area contributed by atoms with Gasteiger partial charge in [-0.25, -0.2) is 4.39 Å². The number of nitrogens with one attached hydrogen (secondary N) is 1. The Bertz CT molecular complexity index is 554. The summed E-state index contributed by atoms with van der Waals surface area (Å²) in [5, 5.41) is 3.29. The third kappa shape index (κ3) is 2.90. The van der Waals surface area contributed by atoms with Crippen molar-refractivity contribution in [2.24, 2.45) is 0 Å². The van der Waals surface area contributed by atoms with Gasteiger partial charge in [0.1, 0.15) is 5.82 Å². The molecule has 0 radical (unpaired) electrons. The first-order chi connectivity index (χ1) is 8.61. The summed E-state index contributed by atoms with van der Waals surface area (Å²) >= 11 is 2.18. The summed E-state index contributed by atoms with van der Waals surface area (Å²) in [6.45, 7) is 2.08. The summed E-state index contributed by atoms with van der Waals surface area (Å²) in [6.07, 6.45) is 0. The molecule has 0 aliphatic rings. The first kappa shape index (κ1) is 13.5. The molecule has 0 saturated carbocycles. The van der Waals surface area contributed by atoms with Gasteiger partial charge in [-0.2, -0.15) is 0 Å². The van der Waals surface area contributed by atoms with Crippen LogP contribution in [0.15, 0.2) is 42.5 Å². The second-order valence-electron chi connectivity index (χ2n) is 4.30. The van der Waals surface area contributed by atoms with Gasteiger partial charge in [0.15, 0.2) is 0 Å². The van der Waals surface area contributed by atoms with Gasteiger partial charge < -0.3 is 5.32 Å². The fourth-order valence-corrected chi connectivity index (χ4v) is 2.88. The molecule has 2 aromatic carbocycles. The number of hydrogen-bond acceptors (Lipinski definition) is 1. The molecule has 1 atom stereocenters. The summed E-state index contributed by atoms with van der Waals surface area (Å²) in [4.78, 5) is 0. The molecule has 0 amide bonds. The SMILES string of the molecule is CNC(c1cccc(C)c1)c1ccc(F)cc1I. The molecule has 0 fully saturated rings. The molecule has 0 aliphatic carbocycles. The predicted octanol–water partition coefficient (Wildman–Crippen LogP) is 4.05. The largest absolute Gasteiger partial charge is 0.309 e. The van der Waals surface area contributed by atoms with E-state index in [-0.39, 0.29) is 11.9 Å². The van der Waals surface area contributed by atoms with Crippen LogP contribution in [-0.4, -0.2) is 7.05 Å². The molecule has 2 rings (SSSR count). The van der Waals surface area contributed by atoms with E-state index in [1.807, 2.05) is 19.2 Å². The van der Waals surface area contributed by atoms with Crippen molar-refractivity contribution in [2.75, 3.05) is 7.05 Å². The van der Waals surface area contributed by atoms with Crippen molar-refractivity contribution in [1.82, 2.24) is 5.32 Å². The Hall–Kier alpha value is -0.940. The van der Waals surface area contributed by atoms with Crippen LogP contribution in [0.3, 0.4) is 0 Å². The van der Waals surface area contributed by atoms with Crippen LogP contribution < -0.4 is 5.32 Å². The van der Waals surface area contributed by atoms with E-state index in [0.717, 1.165) is 9.13 Å². The number of halogens is 2. The molecule has 1 unspecified atom stereocenters. The van der Waals surface area contributed by atoms with Gasteiger partial charge in [0.25, 0.3) is 0 Å². The standard InChI is InChI=1S/C15H15FIN/c1-10-4-3-5-11(8-10)15(18-2)13-7-6-12(16)9-14(13)17/h3-9,15,18H,1-2H3. The van der Waals surface area contributed by atoms with E-state index >= 15 is 0 Å². The Balaban J connectivity index is 2.45. The maximum Gasteiger partial charge on any atom is 0.124 e. The molecular formula is C15H15FIN. The minimum atomic E-state index is -0.192. The summed E-state index contributed by atoms with van der Waals surface area (Å²) in [7, 11) is 1.92. The minimum absolute atomic E-state index is 0.0948. The summed E-state index contributed by atoms with van der Waals surface area (Å²) in [5.41, 5.74) is 3.52. The summed E-state index contributed by atoms with van der Waals surface area (Å²) < 4.78 is 14.1. The van der Waals surface area contributed by atoms with E-state index in [0.29, 0.717) is 0 Å². The fourth-order valence-electron chi connectivity index (χ4n) is 2.09. The fraction of sp³-hybridized carbons (Fsp3) is 0.200. The third-order valence-corrected chi connectivity index (χ3v) is 3.87.